The molecule has 0 aliphatic rings. The molecule has 2 rings (SSSR count). The fourth-order valence-electron chi connectivity index (χ4n) is 1.76. The van der Waals surface area contributed by atoms with E-state index in [2.05, 4.69) is 5.32 Å². The molecule has 2 N–H and O–H groups in total. The first kappa shape index (κ1) is 22.1. The summed E-state index contributed by atoms with van der Waals surface area (Å²) in [6.45, 7) is 0.0195. The van der Waals surface area contributed by atoms with E-state index in [1.165, 1.54) is 12.1 Å². The SMILES string of the molecule is O=C(NCP(=O)(O)Oc1ccc([N+](=O)[O-])cc1)OCc1ccccc1.[NaH]. The molecule has 1 atom stereocenters. The van der Waals surface area contributed by atoms with Crippen LogP contribution in [0.25, 0.3) is 0 Å². The van der Waals surface area contributed by atoms with Gasteiger partial charge in [-0.1, -0.05) is 30.3 Å². The second-order valence-corrected chi connectivity index (χ2v) is 6.65. The summed E-state index contributed by atoms with van der Waals surface area (Å²) >= 11 is 0. The van der Waals surface area contributed by atoms with Crippen LogP contribution in [0.15, 0.2) is 54.6 Å². The maximum atomic E-state index is 11.9. The number of benzene rings is 2. The summed E-state index contributed by atoms with van der Waals surface area (Å²) in [5.41, 5.74) is 0.592. The van der Waals surface area contributed by atoms with E-state index in [1.54, 1.807) is 24.3 Å². The van der Waals surface area contributed by atoms with E-state index >= 15 is 0 Å². The molecule has 134 valence electrons. The van der Waals surface area contributed by atoms with Gasteiger partial charge in [-0.3, -0.25) is 10.1 Å². The van der Waals surface area contributed by atoms with Crippen molar-refractivity contribution in [2.45, 2.75) is 6.61 Å². The molecule has 0 bridgehead atoms. The van der Waals surface area contributed by atoms with Gasteiger partial charge in [-0.05, 0) is 17.7 Å². The van der Waals surface area contributed by atoms with Gasteiger partial charge in [0.05, 0.1) is 4.92 Å². The molecule has 2 aromatic rings. The molecule has 0 fully saturated rings. The molecule has 2 aromatic carbocycles. The standard InChI is InChI=1S/C15H15N2O7P.Na.H/c18-15(23-10-12-4-2-1-3-5-12)16-11-25(21,22)24-14-8-6-13(7-9-14)17(19)20;;/h1-9H,10-11H2,(H,16,18)(H,21,22);;. The van der Waals surface area contributed by atoms with Crippen LogP contribution in [-0.2, 0) is 15.9 Å². The summed E-state index contributed by atoms with van der Waals surface area (Å²) in [5.74, 6) is -0.0316. The third-order valence-corrected chi connectivity index (χ3v) is 3.99. The number of non-ortho nitro benzene ring substituents is 1. The van der Waals surface area contributed by atoms with Crippen LogP contribution >= 0.6 is 7.60 Å². The minimum absolute atomic E-state index is 0. The second kappa shape index (κ2) is 10.3. The zero-order valence-electron chi connectivity index (χ0n) is 12.9. The monoisotopic (exact) mass is 390 g/mol. The van der Waals surface area contributed by atoms with E-state index in [-0.39, 0.29) is 47.6 Å². The van der Waals surface area contributed by atoms with Gasteiger partial charge in [-0.25, -0.2) is 9.36 Å². The van der Waals surface area contributed by atoms with Gasteiger partial charge in [0.25, 0.3) is 5.69 Å². The van der Waals surface area contributed by atoms with Crippen LogP contribution in [0, 0.1) is 10.1 Å². The minimum atomic E-state index is -4.18. The van der Waals surface area contributed by atoms with Crippen LogP contribution in [0.4, 0.5) is 10.5 Å². The molecular weight excluding hydrogens is 374 g/mol. The van der Waals surface area contributed by atoms with Crippen molar-refractivity contribution in [2.75, 3.05) is 6.29 Å². The van der Waals surface area contributed by atoms with Crippen LogP contribution in [0.3, 0.4) is 0 Å². The van der Waals surface area contributed by atoms with Gasteiger partial charge in [0.15, 0.2) is 0 Å². The molecule has 0 spiro atoms. The topological polar surface area (TPSA) is 128 Å². The number of carbonyl (C=O) groups excluding carboxylic acids is 1. The van der Waals surface area contributed by atoms with Gasteiger partial charge in [-0.15, -0.1) is 0 Å². The second-order valence-electron chi connectivity index (χ2n) is 4.88. The number of rotatable bonds is 7. The van der Waals surface area contributed by atoms with E-state index in [0.29, 0.717) is 0 Å². The Morgan fingerprint density at radius 2 is 1.77 bits per heavy atom. The number of hydrogen-bond donors (Lipinski definition) is 2. The number of amides is 1. The van der Waals surface area contributed by atoms with E-state index < -0.39 is 24.9 Å². The first-order valence-corrected chi connectivity index (χ1v) is 8.82. The zero-order valence-corrected chi connectivity index (χ0v) is 13.8. The summed E-state index contributed by atoms with van der Waals surface area (Å²) < 4.78 is 21.7. The first-order valence-electron chi connectivity index (χ1n) is 7.06. The Balaban J connectivity index is 0.00000338. The number of nitro benzene ring substituents is 1. The Morgan fingerprint density at radius 3 is 2.35 bits per heavy atom. The number of alkyl carbamates (subject to hydrolysis) is 1. The van der Waals surface area contributed by atoms with Gasteiger partial charge in [0, 0.05) is 12.1 Å². The van der Waals surface area contributed by atoms with Crippen LogP contribution in [0.2, 0.25) is 0 Å². The number of nitrogens with one attached hydrogen (secondary N) is 1. The van der Waals surface area contributed by atoms with Crippen molar-refractivity contribution in [2.24, 2.45) is 0 Å². The molecule has 0 radical (unpaired) electrons. The number of hydrogen-bond acceptors (Lipinski definition) is 6. The molecular formula is C15H16N2NaO7P. The molecule has 1 amide bonds. The summed E-state index contributed by atoms with van der Waals surface area (Å²) in [4.78, 5) is 31.2. The van der Waals surface area contributed by atoms with Crippen LogP contribution < -0.4 is 9.84 Å². The fraction of sp³-hybridized carbons (Fsp3) is 0.133. The van der Waals surface area contributed by atoms with Gasteiger partial charge in [-0.2, -0.15) is 0 Å². The quantitative estimate of drug-likeness (QED) is 0.321. The van der Waals surface area contributed by atoms with Crippen molar-refractivity contribution in [3.8, 4) is 5.75 Å². The predicted octanol–water partition coefficient (Wildman–Crippen LogP) is 2.39. The summed E-state index contributed by atoms with van der Waals surface area (Å²) in [6, 6.07) is 13.6. The van der Waals surface area contributed by atoms with Crippen molar-refractivity contribution in [1.82, 2.24) is 5.32 Å². The predicted molar refractivity (Wildman–Crippen MR) is 95.3 cm³/mol. The molecule has 9 nitrogen and oxygen atoms in total. The van der Waals surface area contributed by atoms with E-state index in [4.69, 9.17) is 9.26 Å². The summed E-state index contributed by atoms with van der Waals surface area (Å²) in [7, 11) is -4.18. The first-order chi connectivity index (χ1) is 11.9. The molecule has 0 aromatic heterocycles. The molecule has 11 heteroatoms. The van der Waals surface area contributed by atoms with Crippen molar-refractivity contribution >= 4 is 48.9 Å². The third-order valence-electron chi connectivity index (χ3n) is 2.93. The van der Waals surface area contributed by atoms with Crippen LogP contribution in [-0.4, -0.2) is 51.8 Å². The number of nitro groups is 1. The van der Waals surface area contributed by atoms with Crippen molar-refractivity contribution < 1.29 is 28.4 Å². The Kier molecular flexibility index (Phi) is 8.77. The number of carbonyl (C=O) groups is 1. The van der Waals surface area contributed by atoms with Crippen molar-refractivity contribution in [3.63, 3.8) is 0 Å². The Hall–Kier alpha value is -1.90. The molecule has 26 heavy (non-hydrogen) atoms. The van der Waals surface area contributed by atoms with Crippen molar-refractivity contribution in [1.29, 1.82) is 0 Å². The van der Waals surface area contributed by atoms with E-state index in [1.807, 2.05) is 6.07 Å². The summed E-state index contributed by atoms with van der Waals surface area (Å²) in [6.07, 6.45) is -1.54. The van der Waals surface area contributed by atoms with Gasteiger partial charge in [0.1, 0.15) is 18.6 Å². The van der Waals surface area contributed by atoms with Gasteiger partial charge < -0.3 is 19.5 Å². The summed E-state index contributed by atoms with van der Waals surface area (Å²) in [5, 5.41) is 12.7. The van der Waals surface area contributed by atoms with Crippen molar-refractivity contribution in [3.05, 3.63) is 70.3 Å². The maximum absolute atomic E-state index is 11.9. The molecule has 0 aliphatic carbocycles. The van der Waals surface area contributed by atoms with Gasteiger partial charge >= 0.3 is 43.2 Å². The molecule has 0 heterocycles. The average Bonchev–Trinajstić information content (AvgIpc) is 2.59. The van der Waals surface area contributed by atoms with E-state index in [0.717, 1.165) is 17.7 Å². The van der Waals surface area contributed by atoms with Gasteiger partial charge in [0.2, 0.25) is 0 Å². The molecule has 0 aliphatic heterocycles. The normalized spacial score (nSPS) is 12.2. The zero-order chi connectivity index (χ0) is 18.3. The number of nitrogens with zero attached hydrogens (tertiary/aromatic N) is 1. The Labute approximate surface area is 171 Å². The third kappa shape index (κ3) is 7.55. The Bertz CT molecular complexity index is 786. The van der Waals surface area contributed by atoms with Crippen LogP contribution in [0.5, 0.6) is 5.75 Å². The molecule has 1 unspecified atom stereocenters. The average molecular weight is 390 g/mol. The van der Waals surface area contributed by atoms with E-state index in [9.17, 15) is 24.4 Å². The fourth-order valence-corrected chi connectivity index (χ4v) is 2.61. The van der Waals surface area contributed by atoms with Crippen LogP contribution in [0.1, 0.15) is 5.56 Å². The Morgan fingerprint density at radius 1 is 1.15 bits per heavy atom. The molecule has 0 saturated heterocycles. The number of ether oxygens (including phenoxy) is 1. The molecule has 0 saturated carbocycles.